The van der Waals surface area contributed by atoms with E-state index in [0.717, 1.165) is 49.9 Å². The molecule has 1 saturated heterocycles. The molecule has 6 heteroatoms. The molecule has 2 heterocycles. The fraction of sp³-hybridized carbons (Fsp3) is 0.667. The lowest BCUT2D eigenvalue weighted by Crippen LogP contribution is -2.15. The topological polar surface area (TPSA) is 67.2 Å². The number of aromatic nitrogens is 1. The van der Waals surface area contributed by atoms with Crippen molar-refractivity contribution in [2.45, 2.75) is 25.9 Å². The first-order valence-electron chi connectivity index (χ1n) is 6.11. The Kier molecular flexibility index (Phi) is 4.93. The first kappa shape index (κ1) is 13.3. The van der Waals surface area contributed by atoms with Crippen molar-refractivity contribution < 1.29 is 9.47 Å². The number of nitriles is 1. The van der Waals surface area contributed by atoms with Crippen molar-refractivity contribution in [3.05, 3.63) is 11.3 Å². The SMILES string of the molecule is Cc1nsc(NCCCOC2CCOC2)c1C#N. The number of aryl methyl sites for hydroxylation is 1. The van der Waals surface area contributed by atoms with E-state index in [1.54, 1.807) is 0 Å². The van der Waals surface area contributed by atoms with Gasteiger partial charge in [-0.15, -0.1) is 0 Å². The van der Waals surface area contributed by atoms with E-state index in [-0.39, 0.29) is 6.10 Å². The van der Waals surface area contributed by atoms with Gasteiger partial charge in [0.25, 0.3) is 0 Å². The summed E-state index contributed by atoms with van der Waals surface area (Å²) >= 11 is 1.34. The Balaban J connectivity index is 1.64. The highest BCUT2D eigenvalue weighted by Gasteiger charge is 2.15. The van der Waals surface area contributed by atoms with Gasteiger partial charge >= 0.3 is 0 Å². The van der Waals surface area contributed by atoms with E-state index < -0.39 is 0 Å². The molecule has 1 aromatic rings. The minimum absolute atomic E-state index is 0.269. The molecule has 1 aliphatic rings. The molecule has 1 unspecified atom stereocenters. The molecule has 0 saturated carbocycles. The lowest BCUT2D eigenvalue weighted by atomic mass is 10.3. The van der Waals surface area contributed by atoms with Gasteiger partial charge < -0.3 is 14.8 Å². The highest BCUT2D eigenvalue weighted by atomic mass is 32.1. The molecule has 0 aromatic carbocycles. The van der Waals surface area contributed by atoms with Crippen LogP contribution in [0.25, 0.3) is 0 Å². The van der Waals surface area contributed by atoms with Gasteiger partial charge in [-0.25, -0.2) is 0 Å². The Morgan fingerprint density at radius 1 is 1.67 bits per heavy atom. The minimum Gasteiger partial charge on any atom is -0.379 e. The summed E-state index contributed by atoms with van der Waals surface area (Å²) in [6, 6.07) is 2.17. The summed E-state index contributed by atoms with van der Waals surface area (Å²) in [5, 5.41) is 13.1. The molecule has 98 valence electrons. The predicted molar refractivity (Wildman–Crippen MR) is 69.8 cm³/mol. The molecular formula is C12H17N3O2S. The molecule has 0 amide bonds. The van der Waals surface area contributed by atoms with Crippen molar-refractivity contribution in [3.8, 4) is 6.07 Å². The van der Waals surface area contributed by atoms with Crippen molar-refractivity contribution in [2.24, 2.45) is 0 Å². The minimum atomic E-state index is 0.269. The second-order valence-corrected chi connectivity index (χ2v) is 4.99. The number of rotatable bonds is 6. The molecule has 0 radical (unpaired) electrons. The van der Waals surface area contributed by atoms with Crippen molar-refractivity contribution in [3.63, 3.8) is 0 Å². The highest BCUT2D eigenvalue weighted by molar-refractivity contribution is 7.10. The number of anilines is 1. The molecule has 0 spiro atoms. The Bertz CT molecular complexity index is 421. The molecule has 1 atom stereocenters. The van der Waals surface area contributed by atoms with E-state index in [1.165, 1.54) is 11.5 Å². The standard InChI is InChI=1S/C12H17N3O2S/c1-9-11(7-13)12(18-15-9)14-4-2-5-17-10-3-6-16-8-10/h10,14H,2-6,8H2,1H3. The first-order valence-corrected chi connectivity index (χ1v) is 6.88. The fourth-order valence-corrected chi connectivity index (χ4v) is 2.56. The number of nitrogens with one attached hydrogen (secondary N) is 1. The Morgan fingerprint density at radius 2 is 2.56 bits per heavy atom. The van der Waals surface area contributed by atoms with E-state index in [1.807, 2.05) is 6.92 Å². The molecule has 18 heavy (non-hydrogen) atoms. The summed E-state index contributed by atoms with van der Waals surface area (Å²) in [6.45, 7) is 4.91. The number of ether oxygens (including phenoxy) is 2. The zero-order valence-corrected chi connectivity index (χ0v) is 11.3. The van der Waals surface area contributed by atoms with Crippen LogP contribution in [0.4, 0.5) is 5.00 Å². The van der Waals surface area contributed by atoms with Crippen molar-refractivity contribution in [2.75, 3.05) is 31.7 Å². The maximum Gasteiger partial charge on any atom is 0.127 e. The summed E-state index contributed by atoms with van der Waals surface area (Å²) in [5.74, 6) is 0. The molecule has 1 aliphatic heterocycles. The molecular weight excluding hydrogens is 250 g/mol. The van der Waals surface area contributed by atoms with E-state index in [0.29, 0.717) is 5.56 Å². The largest absolute Gasteiger partial charge is 0.379 e. The number of hydrogen-bond donors (Lipinski definition) is 1. The molecule has 0 aliphatic carbocycles. The Labute approximate surface area is 111 Å². The van der Waals surface area contributed by atoms with Gasteiger partial charge in [-0.2, -0.15) is 9.64 Å². The van der Waals surface area contributed by atoms with E-state index in [4.69, 9.17) is 14.7 Å². The van der Waals surface area contributed by atoms with E-state index in [2.05, 4.69) is 15.8 Å². The zero-order valence-electron chi connectivity index (χ0n) is 10.4. The van der Waals surface area contributed by atoms with Crippen LogP contribution in [-0.2, 0) is 9.47 Å². The normalized spacial score (nSPS) is 18.8. The number of nitrogens with zero attached hydrogens (tertiary/aromatic N) is 2. The third kappa shape index (κ3) is 3.42. The summed E-state index contributed by atoms with van der Waals surface area (Å²) in [6.07, 6.45) is 2.18. The molecule has 1 N–H and O–H groups in total. The van der Waals surface area contributed by atoms with Gasteiger partial charge in [-0.3, -0.25) is 0 Å². The Morgan fingerprint density at radius 3 is 3.28 bits per heavy atom. The van der Waals surface area contributed by atoms with Gasteiger partial charge in [-0.05, 0) is 31.3 Å². The van der Waals surface area contributed by atoms with Crippen LogP contribution in [0.5, 0.6) is 0 Å². The van der Waals surface area contributed by atoms with Gasteiger partial charge in [-0.1, -0.05) is 0 Å². The second kappa shape index (κ2) is 6.69. The van der Waals surface area contributed by atoms with Crippen LogP contribution >= 0.6 is 11.5 Å². The van der Waals surface area contributed by atoms with Gasteiger partial charge in [0.05, 0.1) is 18.4 Å². The first-order chi connectivity index (χ1) is 8.81. The molecule has 0 bridgehead atoms. The molecule has 1 fully saturated rings. The van der Waals surface area contributed by atoms with Crippen LogP contribution in [0, 0.1) is 18.3 Å². The Hall–Kier alpha value is -1.16. The van der Waals surface area contributed by atoms with Crippen LogP contribution in [0.15, 0.2) is 0 Å². The van der Waals surface area contributed by atoms with E-state index in [9.17, 15) is 0 Å². The molecule has 5 nitrogen and oxygen atoms in total. The lowest BCUT2D eigenvalue weighted by molar-refractivity contribution is 0.0427. The predicted octanol–water partition coefficient (Wildman–Crippen LogP) is 1.93. The highest BCUT2D eigenvalue weighted by Crippen LogP contribution is 2.23. The van der Waals surface area contributed by atoms with Gasteiger partial charge in [0.2, 0.25) is 0 Å². The van der Waals surface area contributed by atoms with Crippen LogP contribution in [0.1, 0.15) is 24.1 Å². The van der Waals surface area contributed by atoms with Crippen molar-refractivity contribution in [1.82, 2.24) is 4.37 Å². The van der Waals surface area contributed by atoms with Crippen LogP contribution in [0.2, 0.25) is 0 Å². The summed E-state index contributed by atoms with van der Waals surface area (Å²) in [7, 11) is 0. The average Bonchev–Trinajstić information content (AvgIpc) is 2.99. The summed E-state index contributed by atoms with van der Waals surface area (Å²) in [4.78, 5) is 0. The third-order valence-electron chi connectivity index (χ3n) is 2.82. The van der Waals surface area contributed by atoms with Crippen molar-refractivity contribution >= 4 is 16.5 Å². The molecule has 1 aromatic heterocycles. The molecule has 2 rings (SSSR count). The zero-order chi connectivity index (χ0) is 12.8. The number of hydrogen-bond acceptors (Lipinski definition) is 6. The summed E-state index contributed by atoms with van der Waals surface area (Å²) < 4.78 is 15.1. The van der Waals surface area contributed by atoms with Crippen LogP contribution in [-0.4, -0.2) is 36.8 Å². The average molecular weight is 267 g/mol. The summed E-state index contributed by atoms with van der Waals surface area (Å²) in [5.41, 5.74) is 1.45. The quantitative estimate of drug-likeness (QED) is 0.798. The van der Waals surface area contributed by atoms with Crippen LogP contribution in [0.3, 0.4) is 0 Å². The smallest absolute Gasteiger partial charge is 0.127 e. The monoisotopic (exact) mass is 267 g/mol. The van der Waals surface area contributed by atoms with Crippen LogP contribution < -0.4 is 5.32 Å². The van der Waals surface area contributed by atoms with Crippen molar-refractivity contribution in [1.29, 1.82) is 5.26 Å². The maximum atomic E-state index is 8.97. The van der Waals surface area contributed by atoms with Gasteiger partial charge in [0.15, 0.2) is 0 Å². The fourth-order valence-electron chi connectivity index (χ4n) is 1.79. The maximum absolute atomic E-state index is 8.97. The van der Waals surface area contributed by atoms with Gasteiger partial charge in [0, 0.05) is 19.8 Å². The van der Waals surface area contributed by atoms with Gasteiger partial charge in [0.1, 0.15) is 16.6 Å². The second-order valence-electron chi connectivity index (χ2n) is 4.22. The lowest BCUT2D eigenvalue weighted by Gasteiger charge is -2.09. The van der Waals surface area contributed by atoms with E-state index >= 15 is 0 Å². The third-order valence-corrected chi connectivity index (χ3v) is 3.72.